The average molecular weight is 374 g/mol. The molecule has 1 atom stereocenters. The first-order valence-electron chi connectivity index (χ1n) is 8.10. The molecular weight excluding hydrogens is 352 g/mol. The molecule has 0 bridgehead atoms. The highest BCUT2D eigenvalue weighted by molar-refractivity contribution is 8.00. The molecule has 0 radical (unpaired) electrons. The molecule has 0 aliphatic carbocycles. The van der Waals surface area contributed by atoms with Crippen LogP contribution in [-0.2, 0) is 4.79 Å². The number of carbonyl (C=O) groups is 1. The molecule has 2 aromatic rings. The third kappa shape index (κ3) is 4.54. The fourth-order valence-corrected chi connectivity index (χ4v) is 3.73. The Labute approximate surface area is 157 Å². The van der Waals surface area contributed by atoms with Crippen molar-refractivity contribution in [2.24, 2.45) is 0 Å². The van der Waals surface area contributed by atoms with Crippen molar-refractivity contribution < 1.29 is 14.5 Å². The van der Waals surface area contributed by atoms with Gasteiger partial charge in [-0.25, -0.2) is 0 Å². The van der Waals surface area contributed by atoms with E-state index in [0.29, 0.717) is 5.75 Å². The average Bonchev–Trinajstić information content (AvgIpc) is 2.57. The van der Waals surface area contributed by atoms with E-state index in [9.17, 15) is 14.9 Å². The highest BCUT2D eigenvalue weighted by atomic mass is 32.2. The summed E-state index contributed by atoms with van der Waals surface area (Å²) in [7, 11) is 1.45. The van der Waals surface area contributed by atoms with E-state index in [-0.39, 0.29) is 22.5 Å². The number of ether oxygens (including phenoxy) is 1. The van der Waals surface area contributed by atoms with E-state index < -0.39 is 4.92 Å². The Balaban J connectivity index is 2.20. The normalized spacial score (nSPS) is 11.7. The molecule has 0 spiro atoms. The smallest absolute Gasteiger partial charge is 0.271 e. The maximum Gasteiger partial charge on any atom is 0.271 e. The monoisotopic (exact) mass is 374 g/mol. The molecule has 0 aromatic heterocycles. The largest absolute Gasteiger partial charge is 0.495 e. The van der Waals surface area contributed by atoms with Gasteiger partial charge in [0.15, 0.2) is 0 Å². The molecule has 1 N–H and O–H groups in total. The number of nitrogens with zero attached hydrogens (tertiary/aromatic N) is 1. The summed E-state index contributed by atoms with van der Waals surface area (Å²) in [6.45, 7) is 7.90. The number of hydrogen-bond donors (Lipinski definition) is 1. The molecule has 7 heteroatoms. The number of anilines is 1. The van der Waals surface area contributed by atoms with Crippen LogP contribution in [0.1, 0.15) is 23.6 Å². The summed E-state index contributed by atoms with van der Waals surface area (Å²) in [5, 5.41) is 13.3. The zero-order valence-electron chi connectivity index (χ0n) is 15.5. The van der Waals surface area contributed by atoms with Gasteiger partial charge in [-0.1, -0.05) is 17.7 Å². The lowest BCUT2D eigenvalue weighted by Crippen LogP contribution is -2.23. The van der Waals surface area contributed by atoms with Crippen molar-refractivity contribution in [3.05, 3.63) is 57.1 Å². The molecule has 1 amide bonds. The highest BCUT2D eigenvalue weighted by Crippen LogP contribution is 2.33. The maximum atomic E-state index is 12.6. The van der Waals surface area contributed by atoms with Crippen LogP contribution in [0.5, 0.6) is 5.75 Å². The van der Waals surface area contributed by atoms with Crippen LogP contribution in [-0.4, -0.2) is 23.2 Å². The Hall–Kier alpha value is -2.54. The topological polar surface area (TPSA) is 81.5 Å². The number of non-ortho nitro benzene ring substituents is 1. The second-order valence-corrected chi connectivity index (χ2v) is 7.47. The molecule has 0 aliphatic heterocycles. The number of methoxy groups -OCH3 is 1. The number of hydrogen-bond acceptors (Lipinski definition) is 5. The second kappa shape index (κ2) is 8.23. The van der Waals surface area contributed by atoms with Gasteiger partial charge in [0, 0.05) is 17.0 Å². The predicted molar refractivity (Wildman–Crippen MR) is 104 cm³/mol. The molecule has 0 fully saturated rings. The molecule has 0 aliphatic rings. The Morgan fingerprint density at radius 3 is 2.35 bits per heavy atom. The number of nitro benzene ring substituents is 1. The van der Waals surface area contributed by atoms with E-state index in [1.54, 1.807) is 0 Å². The third-order valence-corrected chi connectivity index (χ3v) is 5.37. The lowest BCUT2D eigenvalue weighted by molar-refractivity contribution is -0.384. The molecule has 2 aromatic carbocycles. The quantitative estimate of drug-likeness (QED) is 0.452. The second-order valence-electron chi connectivity index (χ2n) is 6.12. The summed E-state index contributed by atoms with van der Waals surface area (Å²) >= 11 is 1.47. The molecule has 0 saturated carbocycles. The van der Waals surface area contributed by atoms with Gasteiger partial charge in [-0.3, -0.25) is 14.9 Å². The zero-order valence-corrected chi connectivity index (χ0v) is 16.3. The van der Waals surface area contributed by atoms with Crippen LogP contribution in [0.15, 0.2) is 35.2 Å². The molecule has 26 heavy (non-hydrogen) atoms. The van der Waals surface area contributed by atoms with Crippen molar-refractivity contribution in [2.45, 2.75) is 37.8 Å². The number of thioether (sulfide) groups is 1. The minimum atomic E-state index is -0.508. The lowest BCUT2D eigenvalue weighted by Gasteiger charge is -2.17. The van der Waals surface area contributed by atoms with Crippen LogP contribution in [0.4, 0.5) is 11.4 Å². The molecule has 138 valence electrons. The fraction of sp³-hybridized carbons (Fsp3) is 0.316. The van der Waals surface area contributed by atoms with E-state index in [1.165, 1.54) is 42.6 Å². The number of aryl methyl sites for hydroxylation is 3. The summed E-state index contributed by atoms with van der Waals surface area (Å²) in [6.07, 6.45) is 0. The summed E-state index contributed by atoms with van der Waals surface area (Å²) in [4.78, 5) is 24.1. The predicted octanol–water partition coefficient (Wildman–Crippen LogP) is 4.65. The molecule has 6 nitrogen and oxygen atoms in total. The van der Waals surface area contributed by atoms with Gasteiger partial charge in [-0.15, -0.1) is 11.8 Å². The molecular formula is C19H22N2O4S. The first-order valence-corrected chi connectivity index (χ1v) is 8.98. The lowest BCUT2D eigenvalue weighted by atomic mass is 10.1. The third-order valence-electron chi connectivity index (χ3n) is 3.92. The standard InChI is InChI=1S/C19H22N2O4S/c1-11-8-12(2)18(13(3)9-11)26-14(4)19(22)20-16-10-15(21(23)24)6-7-17(16)25-5/h6-10,14H,1-5H3,(H,20,22). The van der Waals surface area contributed by atoms with Crippen LogP contribution in [0.25, 0.3) is 0 Å². The Kier molecular flexibility index (Phi) is 6.26. The van der Waals surface area contributed by atoms with Gasteiger partial charge >= 0.3 is 0 Å². The van der Waals surface area contributed by atoms with Gasteiger partial charge in [0.25, 0.3) is 5.69 Å². The number of carbonyl (C=O) groups excluding carboxylic acids is 1. The first kappa shape index (κ1) is 19.8. The fourth-order valence-electron chi connectivity index (χ4n) is 2.72. The van der Waals surface area contributed by atoms with Gasteiger partial charge in [0.2, 0.25) is 5.91 Å². The Morgan fingerprint density at radius 1 is 1.19 bits per heavy atom. The first-order chi connectivity index (χ1) is 12.2. The van der Waals surface area contributed by atoms with Crippen LogP contribution >= 0.6 is 11.8 Å². The maximum absolute atomic E-state index is 12.6. The van der Waals surface area contributed by atoms with Gasteiger partial charge in [0.1, 0.15) is 5.75 Å². The van der Waals surface area contributed by atoms with Crippen LogP contribution < -0.4 is 10.1 Å². The molecule has 2 rings (SSSR count). The minimum Gasteiger partial charge on any atom is -0.495 e. The van der Waals surface area contributed by atoms with E-state index in [4.69, 9.17) is 4.74 Å². The van der Waals surface area contributed by atoms with Crippen LogP contribution in [0.3, 0.4) is 0 Å². The van der Waals surface area contributed by atoms with Crippen molar-refractivity contribution >= 4 is 29.0 Å². The van der Waals surface area contributed by atoms with E-state index >= 15 is 0 Å². The minimum absolute atomic E-state index is 0.105. The Morgan fingerprint density at radius 2 is 1.81 bits per heavy atom. The number of benzene rings is 2. The van der Waals surface area contributed by atoms with Crippen LogP contribution in [0.2, 0.25) is 0 Å². The number of rotatable bonds is 6. The molecule has 0 saturated heterocycles. The van der Waals surface area contributed by atoms with Crippen molar-refractivity contribution in [1.29, 1.82) is 0 Å². The molecule has 1 unspecified atom stereocenters. The summed E-state index contributed by atoms with van der Waals surface area (Å²) in [5.41, 5.74) is 3.62. The van der Waals surface area contributed by atoms with Gasteiger partial charge in [-0.2, -0.15) is 0 Å². The van der Waals surface area contributed by atoms with Gasteiger partial charge in [-0.05, 0) is 44.9 Å². The zero-order chi connectivity index (χ0) is 19.4. The SMILES string of the molecule is COc1ccc([N+](=O)[O-])cc1NC(=O)C(C)Sc1c(C)cc(C)cc1C. The van der Waals surface area contributed by atoms with Gasteiger partial charge in [0.05, 0.1) is 23.0 Å². The van der Waals surface area contributed by atoms with E-state index in [1.807, 2.05) is 27.7 Å². The number of amides is 1. The van der Waals surface area contributed by atoms with Crippen molar-refractivity contribution in [3.63, 3.8) is 0 Å². The Bertz CT molecular complexity index is 828. The molecule has 0 heterocycles. The van der Waals surface area contributed by atoms with Crippen molar-refractivity contribution in [1.82, 2.24) is 0 Å². The van der Waals surface area contributed by atoms with E-state index in [0.717, 1.165) is 16.0 Å². The van der Waals surface area contributed by atoms with E-state index in [2.05, 4.69) is 17.4 Å². The highest BCUT2D eigenvalue weighted by Gasteiger charge is 2.20. The summed E-state index contributed by atoms with van der Waals surface area (Å²) in [5.74, 6) is 0.136. The van der Waals surface area contributed by atoms with Crippen molar-refractivity contribution in [3.8, 4) is 5.75 Å². The summed E-state index contributed by atoms with van der Waals surface area (Å²) < 4.78 is 5.19. The van der Waals surface area contributed by atoms with Gasteiger partial charge < -0.3 is 10.1 Å². The summed E-state index contributed by atoms with van der Waals surface area (Å²) in [6, 6.07) is 8.29. The van der Waals surface area contributed by atoms with Crippen molar-refractivity contribution in [2.75, 3.05) is 12.4 Å². The van der Waals surface area contributed by atoms with Crippen LogP contribution in [0, 0.1) is 30.9 Å². The number of nitrogens with one attached hydrogen (secondary N) is 1. The number of nitro groups is 1.